The third kappa shape index (κ3) is 3.39. The fraction of sp³-hybridized carbons (Fsp3) is 0.333. The zero-order valence-corrected chi connectivity index (χ0v) is 16.3. The second-order valence-corrected chi connectivity index (χ2v) is 7.95. The van der Waals surface area contributed by atoms with Gasteiger partial charge in [0, 0.05) is 10.9 Å². The lowest BCUT2D eigenvalue weighted by Crippen LogP contribution is -2.28. The highest BCUT2D eigenvalue weighted by molar-refractivity contribution is 6.30. The van der Waals surface area contributed by atoms with Crippen molar-refractivity contribution in [1.82, 2.24) is 0 Å². The van der Waals surface area contributed by atoms with Crippen molar-refractivity contribution in [2.24, 2.45) is 5.92 Å². The van der Waals surface area contributed by atoms with Crippen LogP contribution in [0.1, 0.15) is 49.7 Å². The number of hydrogen-bond donors (Lipinski definition) is 0. The molecule has 2 aliphatic carbocycles. The summed E-state index contributed by atoms with van der Waals surface area (Å²) < 4.78 is 0. The van der Waals surface area contributed by atoms with Gasteiger partial charge >= 0.3 is 0 Å². The first-order valence-electron chi connectivity index (χ1n) is 9.74. The number of benzene rings is 2. The molecule has 0 saturated heterocycles. The van der Waals surface area contributed by atoms with Crippen LogP contribution in [0.5, 0.6) is 0 Å². The molecule has 2 aromatic rings. The van der Waals surface area contributed by atoms with Crippen LogP contribution in [-0.2, 0) is 16.0 Å². The quantitative estimate of drug-likeness (QED) is 0.621. The molecule has 27 heavy (non-hydrogen) atoms. The third-order valence-corrected chi connectivity index (χ3v) is 6.20. The first-order chi connectivity index (χ1) is 13.1. The number of carbonyl (C=O) groups is 2. The van der Waals surface area contributed by atoms with Gasteiger partial charge in [-0.25, -0.2) is 0 Å². The molecular formula is C24H23ClO2. The highest BCUT2D eigenvalue weighted by Crippen LogP contribution is 2.39. The van der Waals surface area contributed by atoms with Crippen LogP contribution in [0.3, 0.4) is 0 Å². The van der Waals surface area contributed by atoms with E-state index in [1.54, 1.807) is 0 Å². The van der Waals surface area contributed by atoms with Gasteiger partial charge in [0.25, 0.3) is 0 Å². The summed E-state index contributed by atoms with van der Waals surface area (Å²) in [5.74, 6) is -0.512. The van der Waals surface area contributed by atoms with Crippen LogP contribution in [0.4, 0.5) is 0 Å². The molecule has 2 aliphatic rings. The summed E-state index contributed by atoms with van der Waals surface area (Å²) in [6, 6.07) is 13.8. The SMILES string of the molecule is CCc1ccc(-c2ccc(Cl)cc2)cc1C1C(=O)C2=CCCC(CC2)C1=O. The van der Waals surface area contributed by atoms with E-state index in [2.05, 4.69) is 25.1 Å². The van der Waals surface area contributed by atoms with Crippen molar-refractivity contribution in [1.29, 1.82) is 0 Å². The molecular weight excluding hydrogens is 356 g/mol. The van der Waals surface area contributed by atoms with Gasteiger partial charge in [-0.15, -0.1) is 0 Å². The number of fused-ring (bicyclic) bond motifs is 3. The maximum Gasteiger partial charge on any atom is 0.173 e. The van der Waals surface area contributed by atoms with Gasteiger partial charge in [-0.05, 0) is 78.1 Å². The Morgan fingerprint density at radius 3 is 2.48 bits per heavy atom. The van der Waals surface area contributed by atoms with Crippen molar-refractivity contribution in [3.63, 3.8) is 0 Å². The Morgan fingerprint density at radius 1 is 1.00 bits per heavy atom. The molecule has 1 fully saturated rings. The summed E-state index contributed by atoms with van der Waals surface area (Å²) in [4.78, 5) is 26.5. The van der Waals surface area contributed by atoms with Crippen molar-refractivity contribution in [2.45, 2.75) is 44.9 Å². The summed E-state index contributed by atoms with van der Waals surface area (Å²) in [6.45, 7) is 2.08. The zero-order chi connectivity index (χ0) is 19.0. The molecule has 0 aliphatic heterocycles. The largest absolute Gasteiger partial charge is 0.298 e. The van der Waals surface area contributed by atoms with Crippen molar-refractivity contribution >= 4 is 23.2 Å². The summed E-state index contributed by atoms with van der Waals surface area (Å²) in [5, 5.41) is 0.693. The van der Waals surface area contributed by atoms with E-state index in [0.717, 1.165) is 59.9 Å². The maximum atomic E-state index is 13.3. The smallest absolute Gasteiger partial charge is 0.173 e. The number of allylic oxidation sites excluding steroid dienone is 2. The van der Waals surface area contributed by atoms with E-state index in [1.807, 2.05) is 30.3 Å². The highest BCUT2D eigenvalue weighted by atomic mass is 35.5. The molecule has 2 nitrogen and oxygen atoms in total. The number of halogens is 1. The fourth-order valence-electron chi connectivity index (χ4n) is 4.40. The Balaban J connectivity index is 1.83. The lowest BCUT2D eigenvalue weighted by Gasteiger charge is -2.22. The second-order valence-electron chi connectivity index (χ2n) is 7.52. The van der Waals surface area contributed by atoms with Gasteiger partial charge in [-0.3, -0.25) is 9.59 Å². The normalized spacial score (nSPS) is 22.4. The average Bonchev–Trinajstić information content (AvgIpc) is 2.99. The molecule has 4 rings (SSSR count). The molecule has 0 radical (unpaired) electrons. The third-order valence-electron chi connectivity index (χ3n) is 5.95. The number of hydrogen-bond acceptors (Lipinski definition) is 2. The minimum Gasteiger partial charge on any atom is -0.298 e. The van der Waals surface area contributed by atoms with E-state index in [0.29, 0.717) is 5.02 Å². The lowest BCUT2D eigenvalue weighted by atomic mass is 9.78. The standard InChI is InChI=1S/C24H23ClO2/c1-2-15-6-9-19(16-10-12-20(25)13-11-16)14-21(15)22-23(26)17-4-3-5-18(8-7-17)24(22)27/h4,6,9-14,18,22H,2-3,5,7-8H2,1H3. The minimum absolute atomic E-state index is 0.000839. The Kier molecular flexibility index (Phi) is 5.01. The molecule has 3 heteroatoms. The molecule has 0 amide bonds. The summed E-state index contributed by atoms with van der Waals surface area (Å²) in [7, 11) is 0. The number of rotatable bonds is 3. The van der Waals surface area contributed by atoms with E-state index < -0.39 is 5.92 Å². The number of aryl methyl sites for hydroxylation is 1. The van der Waals surface area contributed by atoms with E-state index in [9.17, 15) is 9.59 Å². The Labute approximate surface area is 165 Å². The molecule has 0 N–H and O–H groups in total. The molecule has 0 heterocycles. The van der Waals surface area contributed by atoms with Gasteiger partial charge in [0.15, 0.2) is 11.6 Å². The van der Waals surface area contributed by atoms with Crippen LogP contribution in [-0.4, -0.2) is 11.6 Å². The van der Waals surface area contributed by atoms with E-state index in [1.165, 1.54) is 0 Å². The molecule has 1 saturated carbocycles. The predicted octanol–water partition coefficient (Wildman–Crippen LogP) is 5.92. The second kappa shape index (κ2) is 7.44. The van der Waals surface area contributed by atoms with Gasteiger partial charge in [0.05, 0.1) is 0 Å². The van der Waals surface area contributed by atoms with E-state index in [4.69, 9.17) is 11.6 Å². The van der Waals surface area contributed by atoms with Crippen LogP contribution in [0.15, 0.2) is 54.1 Å². The van der Waals surface area contributed by atoms with E-state index in [-0.39, 0.29) is 17.5 Å². The lowest BCUT2D eigenvalue weighted by molar-refractivity contribution is -0.129. The van der Waals surface area contributed by atoms with Crippen molar-refractivity contribution in [2.75, 3.05) is 0 Å². The van der Waals surface area contributed by atoms with Crippen molar-refractivity contribution in [3.8, 4) is 11.1 Å². The minimum atomic E-state index is -0.647. The van der Waals surface area contributed by atoms with E-state index >= 15 is 0 Å². The molecule has 2 unspecified atom stereocenters. The molecule has 0 aromatic heterocycles. The first kappa shape index (κ1) is 18.2. The molecule has 2 aromatic carbocycles. The van der Waals surface area contributed by atoms with Crippen LogP contribution in [0.2, 0.25) is 5.02 Å². The maximum absolute atomic E-state index is 13.3. The number of Topliss-reactive ketones (excluding diaryl/α,β-unsaturated/α-hetero) is 2. The van der Waals surface area contributed by atoms with Crippen LogP contribution >= 0.6 is 11.6 Å². The number of ketones is 2. The summed E-state index contributed by atoms with van der Waals surface area (Å²) in [5.41, 5.74) is 4.88. The van der Waals surface area contributed by atoms with Crippen molar-refractivity contribution < 1.29 is 9.59 Å². The Bertz CT molecular complexity index is 924. The molecule has 2 bridgehead atoms. The summed E-state index contributed by atoms with van der Waals surface area (Å²) in [6.07, 6.45) is 6.13. The molecule has 0 spiro atoms. The molecule has 138 valence electrons. The molecule has 2 atom stereocenters. The highest BCUT2D eigenvalue weighted by Gasteiger charge is 2.40. The van der Waals surface area contributed by atoms with Crippen LogP contribution < -0.4 is 0 Å². The summed E-state index contributed by atoms with van der Waals surface area (Å²) >= 11 is 6.02. The first-order valence-corrected chi connectivity index (χ1v) is 10.1. The topological polar surface area (TPSA) is 34.1 Å². The van der Waals surface area contributed by atoms with Gasteiger partial charge in [0.1, 0.15) is 5.92 Å². The van der Waals surface area contributed by atoms with Crippen molar-refractivity contribution in [3.05, 3.63) is 70.3 Å². The van der Waals surface area contributed by atoms with Crippen LogP contribution in [0.25, 0.3) is 11.1 Å². The number of carbonyl (C=O) groups excluding carboxylic acids is 2. The Hall–Kier alpha value is -2.19. The van der Waals surface area contributed by atoms with Gasteiger partial charge in [-0.1, -0.05) is 48.9 Å². The predicted molar refractivity (Wildman–Crippen MR) is 109 cm³/mol. The average molecular weight is 379 g/mol. The van der Waals surface area contributed by atoms with Gasteiger partial charge < -0.3 is 0 Å². The van der Waals surface area contributed by atoms with Crippen LogP contribution in [0, 0.1) is 5.92 Å². The fourth-order valence-corrected chi connectivity index (χ4v) is 4.52. The Morgan fingerprint density at radius 2 is 1.74 bits per heavy atom. The van der Waals surface area contributed by atoms with Gasteiger partial charge in [-0.2, -0.15) is 0 Å². The monoisotopic (exact) mass is 378 g/mol. The zero-order valence-electron chi connectivity index (χ0n) is 15.5. The van der Waals surface area contributed by atoms with Gasteiger partial charge in [0.2, 0.25) is 0 Å².